The number of ether oxygens (including phenoxy) is 6. The molecule has 0 spiro atoms. The second-order valence-electron chi connectivity index (χ2n) is 10.5. The molecule has 0 atom stereocenters. The van der Waals surface area contributed by atoms with Gasteiger partial charge in [0, 0.05) is 34.8 Å². The Hall–Kier alpha value is -4.87. The van der Waals surface area contributed by atoms with E-state index in [2.05, 4.69) is 15.6 Å². The second-order valence-corrected chi connectivity index (χ2v) is 10.5. The van der Waals surface area contributed by atoms with Gasteiger partial charge in [-0.2, -0.15) is 0 Å². The van der Waals surface area contributed by atoms with Crippen molar-refractivity contribution >= 4 is 40.0 Å². The lowest BCUT2D eigenvalue weighted by atomic mass is 10.1. The standard InChI is InChI=1S/C29H29N3O6.C4H8O2/c1-29(2,3)38-28(34)32-23-12-13-24(21-9-7-6-8-20(21)23)37-19-14-15-30-26(17-19)31-18-10-11-22(27(33)36-5)25(16-18)35-4;1-2-6-4-3-5-1/h6-17H,1-5H3,(H,30,31)(H,32,34);1-4H2. The molecule has 0 radical (unpaired) electrons. The van der Waals surface area contributed by atoms with Gasteiger partial charge in [0.25, 0.3) is 0 Å². The monoisotopic (exact) mass is 603 g/mol. The highest BCUT2D eigenvalue weighted by molar-refractivity contribution is 6.03. The van der Waals surface area contributed by atoms with Gasteiger partial charge in [-0.05, 0) is 51.1 Å². The number of pyridine rings is 1. The molecule has 1 aliphatic heterocycles. The number of methoxy groups -OCH3 is 2. The first-order valence-electron chi connectivity index (χ1n) is 14.0. The zero-order valence-corrected chi connectivity index (χ0v) is 25.5. The zero-order valence-electron chi connectivity index (χ0n) is 25.5. The molecule has 0 aliphatic carbocycles. The van der Waals surface area contributed by atoms with Gasteiger partial charge in [-0.1, -0.05) is 24.3 Å². The highest BCUT2D eigenvalue weighted by atomic mass is 16.6. The summed E-state index contributed by atoms with van der Waals surface area (Å²) in [6.45, 7) is 8.55. The Bertz CT molecular complexity index is 1570. The number of benzene rings is 3. The molecular weight excluding hydrogens is 566 g/mol. The summed E-state index contributed by atoms with van der Waals surface area (Å²) in [5.74, 6) is 1.58. The van der Waals surface area contributed by atoms with Crippen LogP contribution in [-0.2, 0) is 18.9 Å². The first kappa shape index (κ1) is 32.1. The Morgan fingerprint density at radius 1 is 0.841 bits per heavy atom. The smallest absolute Gasteiger partial charge is 0.412 e. The maximum absolute atomic E-state index is 12.3. The van der Waals surface area contributed by atoms with E-state index >= 15 is 0 Å². The van der Waals surface area contributed by atoms with E-state index in [0.29, 0.717) is 40.0 Å². The molecule has 4 aromatic rings. The summed E-state index contributed by atoms with van der Waals surface area (Å²) in [6.07, 6.45) is 1.09. The minimum Gasteiger partial charge on any atom is -0.496 e. The molecule has 2 N–H and O–H groups in total. The maximum atomic E-state index is 12.3. The largest absolute Gasteiger partial charge is 0.496 e. The molecule has 0 unspecified atom stereocenters. The van der Waals surface area contributed by atoms with Gasteiger partial charge in [-0.3, -0.25) is 5.32 Å². The molecule has 11 nitrogen and oxygen atoms in total. The average molecular weight is 604 g/mol. The normalized spacial score (nSPS) is 12.8. The maximum Gasteiger partial charge on any atom is 0.412 e. The lowest BCUT2D eigenvalue weighted by Gasteiger charge is -2.20. The molecular formula is C33H37N3O8. The van der Waals surface area contributed by atoms with Gasteiger partial charge in [0.2, 0.25) is 0 Å². The summed E-state index contributed by atoms with van der Waals surface area (Å²) in [4.78, 5) is 28.6. The van der Waals surface area contributed by atoms with E-state index in [4.69, 9.17) is 28.4 Å². The predicted octanol–water partition coefficient (Wildman–Crippen LogP) is 6.95. The van der Waals surface area contributed by atoms with Gasteiger partial charge in [0.15, 0.2) is 0 Å². The molecule has 1 aliphatic rings. The molecule has 0 bridgehead atoms. The van der Waals surface area contributed by atoms with E-state index in [9.17, 15) is 9.59 Å². The van der Waals surface area contributed by atoms with Crippen molar-refractivity contribution in [1.29, 1.82) is 0 Å². The molecule has 1 amide bonds. The molecule has 1 aromatic heterocycles. The molecule has 5 rings (SSSR count). The van der Waals surface area contributed by atoms with Crippen molar-refractivity contribution in [2.75, 3.05) is 51.3 Å². The Balaban J connectivity index is 0.000000657. The third kappa shape index (κ3) is 9.06. The van der Waals surface area contributed by atoms with E-state index in [0.717, 1.165) is 37.2 Å². The number of amides is 1. The summed E-state index contributed by atoms with van der Waals surface area (Å²) in [5.41, 5.74) is 0.998. The predicted molar refractivity (Wildman–Crippen MR) is 167 cm³/mol. The van der Waals surface area contributed by atoms with Crippen LogP contribution in [0, 0.1) is 0 Å². The highest BCUT2D eigenvalue weighted by Gasteiger charge is 2.18. The first-order chi connectivity index (χ1) is 21.2. The van der Waals surface area contributed by atoms with E-state index in [1.54, 1.807) is 48.7 Å². The van der Waals surface area contributed by atoms with Crippen LogP contribution in [0.3, 0.4) is 0 Å². The third-order valence-electron chi connectivity index (χ3n) is 6.10. The lowest BCUT2D eigenvalue weighted by molar-refractivity contribution is -0.0334. The topological polar surface area (TPSA) is 126 Å². The molecule has 0 saturated carbocycles. The number of nitrogens with one attached hydrogen (secondary N) is 2. The van der Waals surface area contributed by atoms with Gasteiger partial charge in [-0.15, -0.1) is 0 Å². The number of nitrogens with zero attached hydrogens (tertiary/aromatic N) is 1. The molecule has 232 valence electrons. The van der Waals surface area contributed by atoms with Gasteiger partial charge >= 0.3 is 12.1 Å². The van der Waals surface area contributed by atoms with Crippen molar-refractivity contribution < 1.29 is 38.0 Å². The summed E-state index contributed by atoms with van der Waals surface area (Å²) in [7, 11) is 2.80. The van der Waals surface area contributed by atoms with Crippen molar-refractivity contribution in [2.24, 2.45) is 0 Å². The van der Waals surface area contributed by atoms with E-state index in [1.807, 2.05) is 45.0 Å². The number of hydrogen-bond donors (Lipinski definition) is 2. The molecule has 44 heavy (non-hydrogen) atoms. The number of fused-ring (bicyclic) bond motifs is 1. The summed E-state index contributed by atoms with van der Waals surface area (Å²) in [5, 5.41) is 7.63. The first-order valence-corrected chi connectivity index (χ1v) is 14.0. The minimum atomic E-state index is -0.607. The van der Waals surface area contributed by atoms with Crippen molar-refractivity contribution in [1.82, 2.24) is 4.98 Å². The van der Waals surface area contributed by atoms with Crippen LogP contribution in [0.4, 0.5) is 22.0 Å². The fraction of sp³-hybridized carbons (Fsp3) is 0.303. The molecule has 11 heteroatoms. The number of hydrogen-bond acceptors (Lipinski definition) is 10. The highest BCUT2D eigenvalue weighted by Crippen LogP contribution is 2.35. The van der Waals surface area contributed by atoms with Crippen LogP contribution in [0.1, 0.15) is 31.1 Å². The van der Waals surface area contributed by atoms with Crippen LogP contribution in [0.5, 0.6) is 17.2 Å². The van der Waals surface area contributed by atoms with Crippen molar-refractivity contribution in [3.05, 3.63) is 78.5 Å². The van der Waals surface area contributed by atoms with Crippen molar-refractivity contribution in [3.63, 3.8) is 0 Å². The fourth-order valence-corrected chi connectivity index (χ4v) is 4.19. The lowest BCUT2D eigenvalue weighted by Crippen LogP contribution is -2.27. The summed E-state index contributed by atoms with van der Waals surface area (Å²) in [6, 6.07) is 19.7. The van der Waals surface area contributed by atoms with Crippen LogP contribution < -0.4 is 20.1 Å². The van der Waals surface area contributed by atoms with E-state index in [-0.39, 0.29) is 0 Å². The number of aromatic nitrogens is 1. The summed E-state index contributed by atoms with van der Waals surface area (Å²) < 4.78 is 31.6. The molecule has 2 heterocycles. The van der Waals surface area contributed by atoms with Crippen LogP contribution >= 0.6 is 0 Å². The summed E-state index contributed by atoms with van der Waals surface area (Å²) >= 11 is 0. The van der Waals surface area contributed by atoms with Crippen LogP contribution in [-0.4, -0.2) is 63.3 Å². The Morgan fingerprint density at radius 2 is 1.55 bits per heavy atom. The van der Waals surface area contributed by atoms with Gasteiger partial charge < -0.3 is 33.7 Å². The zero-order chi connectivity index (χ0) is 31.5. The Morgan fingerprint density at radius 3 is 2.18 bits per heavy atom. The van der Waals surface area contributed by atoms with Crippen LogP contribution in [0.15, 0.2) is 72.9 Å². The minimum absolute atomic E-state index is 0.321. The Kier molecular flexibility index (Phi) is 11.0. The van der Waals surface area contributed by atoms with Crippen LogP contribution in [0.2, 0.25) is 0 Å². The SMILES string of the molecule is C1COCCO1.COC(=O)c1ccc(Nc2cc(Oc3ccc(NC(=O)OC(C)(C)C)c4ccccc34)ccn2)cc1OC. The third-order valence-corrected chi connectivity index (χ3v) is 6.10. The Labute approximate surface area is 256 Å². The number of rotatable bonds is 7. The van der Waals surface area contributed by atoms with Gasteiger partial charge in [-0.25, -0.2) is 14.6 Å². The van der Waals surface area contributed by atoms with Gasteiger partial charge in [0.1, 0.15) is 34.2 Å². The van der Waals surface area contributed by atoms with E-state index in [1.165, 1.54) is 14.2 Å². The molecule has 3 aromatic carbocycles. The number of esters is 1. The van der Waals surface area contributed by atoms with Gasteiger partial charge in [0.05, 0.1) is 46.3 Å². The van der Waals surface area contributed by atoms with Crippen molar-refractivity contribution in [2.45, 2.75) is 26.4 Å². The van der Waals surface area contributed by atoms with E-state index < -0.39 is 17.7 Å². The molecule has 1 saturated heterocycles. The fourth-order valence-electron chi connectivity index (χ4n) is 4.19. The second kappa shape index (κ2) is 15.0. The molecule has 1 fully saturated rings. The van der Waals surface area contributed by atoms with Crippen LogP contribution in [0.25, 0.3) is 10.8 Å². The quantitative estimate of drug-likeness (QED) is 0.214. The number of carbonyl (C=O) groups excluding carboxylic acids is 2. The number of carbonyl (C=O) groups is 2. The van der Waals surface area contributed by atoms with Crippen molar-refractivity contribution in [3.8, 4) is 17.2 Å². The number of anilines is 3. The average Bonchev–Trinajstić information content (AvgIpc) is 3.02.